The van der Waals surface area contributed by atoms with Crippen molar-refractivity contribution in [3.8, 4) is 0 Å². The average Bonchev–Trinajstić information content (AvgIpc) is 2.49. The Morgan fingerprint density at radius 2 is 1.83 bits per heavy atom. The number of para-hydroxylation sites is 1. The van der Waals surface area contributed by atoms with E-state index in [9.17, 15) is 18.3 Å². The Morgan fingerprint density at radius 1 is 1.17 bits per heavy atom. The topological polar surface area (TPSA) is 49.2 Å². The van der Waals surface area contributed by atoms with Crippen molar-refractivity contribution in [2.24, 2.45) is 0 Å². The molecule has 0 radical (unpaired) electrons. The number of halogens is 3. The van der Waals surface area contributed by atoms with Crippen molar-refractivity contribution >= 4 is 10.9 Å². The van der Waals surface area contributed by atoms with Crippen LogP contribution in [0.25, 0.3) is 10.9 Å². The summed E-state index contributed by atoms with van der Waals surface area (Å²) in [6.45, 7) is 2.63. The minimum absolute atomic E-state index is 0.172. The van der Waals surface area contributed by atoms with Crippen LogP contribution in [0.4, 0.5) is 13.2 Å². The van der Waals surface area contributed by atoms with Gasteiger partial charge in [-0.2, -0.15) is 13.2 Å². The first-order chi connectivity index (χ1) is 10.8. The Hall–Kier alpha value is -1.73. The maximum Gasteiger partial charge on any atom is 0.417 e. The van der Waals surface area contributed by atoms with E-state index in [-0.39, 0.29) is 25.9 Å². The van der Waals surface area contributed by atoms with Crippen molar-refractivity contribution in [2.75, 3.05) is 13.1 Å². The van der Waals surface area contributed by atoms with Crippen LogP contribution in [0.2, 0.25) is 0 Å². The summed E-state index contributed by atoms with van der Waals surface area (Å²) in [5.41, 5.74) is -0.878. The Kier molecular flexibility index (Phi) is 4.01. The second kappa shape index (κ2) is 5.72. The molecular formula is C16H18F3N3O. The minimum atomic E-state index is -4.57. The molecule has 2 heterocycles. The van der Waals surface area contributed by atoms with E-state index in [4.69, 9.17) is 0 Å². The van der Waals surface area contributed by atoms with Gasteiger partial charge in [0.05, 0.1) is 12.1 Å². The molecule has 2 aromatic rings. The van der Waals surface area contributed by atoms with E-state index in [1.54, 1.807) is 0 Å². The number of likely N-dealkylation sites (tertiary alicyclic amines) is 1. The van der Waals surface area contributed by atoms with E-state index in [0.717, 1.165) is 16.6 Å². The van der Waals surface area contributed by atoms with Gasteiger partial charge < -0.3 is 5.11 Å². The van der Waals surface area contributed by atoms with Crippen LogP contribution in [0, 0.1) is 6.92 Å². The number of nitrogens with zero attached hydrogens (tertiary/aromatic N) is 3. The Balaban J connectivity index is 1.72. The first-order valence-electron chi connectivity index (χ1n) is 7.52. The van der Waals surface area contributed by atoms with E-state index in [1.165, 1.54) is 0 Å². The maximum absolute atomic E-state index is 12.8. The van der Waals surface area contributed by atoms with Gasteiger partial charge in [0, 0.05) is 24.2 Å². The zero-order valence-electron chi connectivity index (χ0n) is 12.8. The summed E-state index contributed by atoms with van der Waals surface area (Å²) in [7, 11) is 0. The van der Waals surface area contributed by atoms with Crippen LogP contribution < -0.4 is 0 Å². The molecule has 1 saturated heterocycles. The molecule has 0 spiro atoms. The molecule has 0 amide bonds. The zero-order valence-corrected chi connectivity index (χ0v) is 12.8. The normalized spacial score (nSPS) is 19.2. The lowest BCUT2D eigenvalue weighted by atomic mass is 9.91. The molecule has 1 aliphatic heterocycles. The number of aromatic nitrogens is 2. The third-order valence-corrected chi connectivity index (χ3v) is 4.42. The molecule has 0 saturated carbocycles. The largest absolute Gasteiger partial charge is 0.417 e. The predicted molar refractivity (Wildman–Crippen MR) is 79.8 cm³/mol. The smallest absolute Gasteiger partial charge is 0.380 e. The lowest BCUT2D eigenvalue weighted by molar-refractivity contribution is -0.272. The Labute approximate surface area is 132 Å². The van der Waals surface area contributed by atoms with E-state index < -0.39 is 11.8 Å². The third-order valence-electron chi connectivity index (χ3n) is 4.42. The number of alkyl halides is 3. The second-order valence-electron chi connectivity index (χ2n) is 6.05. The first kappa shape index (κ1) is 16.1. The lowest BCUT2D eigenvalue weighted by Gasteiger charge is -2.38. The van der Waals surface area contributed by atoms with Crippen LogP contribution in [-0.2, 0) is 6.54 Å². The van der Waals surface area contributed by atoms with Crippen LogP contribution in [0.5, 0.6) is 0 Å². The molecule has 124 valence electrons. The molecule has 1 aromatic carbocycles. The summed E-state index contributed by atoms with van der Waals surface area (Å²) in [5, 5.41) is 10.7. The number of piperidine rings is 1. The number of aliphatic hydroxyl groups is 1. The molecule has 1 N–H and O–H groups in total. The van der Waals surface area contributed by atoms with Crippen LogP contribution >= 0.6 is 0 Å². The summed E-state index contributed by atoms with van der Waals surface area (Å²) in [6.07, 6.45) is -5.21. The first-order valence-corrected chi connectivity index (χ1v) is 7.52. The van der Waals surface area contributed by atoms with Crippen molar-refractivity contribution in [1.29, 1.82) is 0 Å². The Morgan fingerprint density at radius 3 is 2.48 bits per heavy atom. The number of fused-ring (bicyclic) bond motifs is 1. The Bertz CT molecular complexity index is 709. The highest BCUT2D eigenvalue weighted by molar-refractivity contribution is 5.80. The molecule has 0 unspecified atom stereocenters. The standard InChI is InChI=1S/C16H18F3N3O/c1-11-12-4-2-3-5-13(12)21-14(20-11)10-22-8-6-15(23,7-9-22)16(17,18)19/h2-5,23H,6-10H2,1H3. The average molecular weight is 325 g/mol. The molecule has 1 fully saturated rings. The fourth-order valence-corrected chi connectivity index (χ4v) is 2.93. The van der Waals surface area contributed by atoms with E-state index in [0.29, 0.717) is 12.4 Å². The number of aryl methyl sites for hydroxylation is 1. The molecule has 1 aliphatic rings. The molecular weight excluding hydrogens is 307 g/mol. The number of hydrogen-bond acceptors (Lipinski definition) is 4. The summed E-state index contributed by atoms with van der Waals surface area (Å²) in [5.74, 6) is 0.596. The fraction of sp³-hybridized carbons (Fsp3) is 0.500. The highest BCUT2D eigenvalue weighted by atomic mass is 19.4. The lowest BCUT2D eigenvalue weighted by Crippen LogP contribution is -2.53. The monoisotopic (exact) mass is 325 g/mol. The SMILES string of the molecule is Cc1nc(CN2CCC(O)(C(F)(F)F)CC2)nc2ccccc12. The van der Waals surface area contributed by atoms with Gasteiger partial charge in [0.15, 0.2) is 5.60 Å². The van der Waals surface area contributed by atoms with Crippen molar-refractivity contribution in [2.45, 2.75) is 38.1 Å². The summed E-state index contributed by atoms with van der Waals surface area (Å²) < 4.78 is 38.4. The third kappa shape index (κ3) is 3.16. The summed E-state index contributed by atoms with van der Waals surface area (Å²) >= 11 is 0. The van der Waals surface area contributed by atoms with Gasteiger partial charge in [-0.05, 0) is 25.8 Å². The number of hydrogen-bond donors (Lipinski definition) is 1. The molecule has 23 heavy (non-hydrogen) atoms. The van der Waals surface area contributed by atoms with Gasteiger partial charge in [0.2, 0.25) is 0 Å². The maximum atomic E-state index is 12.8. The molecule has 4 nitrogen and oxygen atoms in total. The van der Waals surface area contributed by atoms with Crippen LogP contribution in [-0.4, -0.2) is 44.8 Å². The van der Waals surface area contributed by atoms with E-state index in [1.807, 2.05) is 36.1 Å². The van der Waals surface area contributed by atoms with Gasteiger partial charge >= 0.3 is 6.18 Å². The van der Waals surface area contributed by atoms with Crippen molar-refractivity contribution in [3.63, 3.8) is 0 Å². The highest BCUT2D eigenvalue weighted by Crippen LogP contribution is 2.38. The molecule has 7 heteroatoms. The molecule has 3 rings (SSSR count). The van der Waals surface area contributed by atoms with Crippen molar-refractivity contribution < 1.29 is 18.3 Å². The molecule has 0 aliphatic carbocycles. The molecule has 0 bridgehead atoms. The predicted octanol–water partition coefficient (Wildman–Crippen LogP) is 2.83. The van der Waals surface area contributed by atoms with Gasteiger partial charge in [-0.3, -0.25) is 4.90 Å². The van der Waals surface area contributed by atoms with Crippen molar-refractivity contribution in [3.05, 3.63) is 35.8 Å². The highest BCUT2D eigenvalue weighted by Gasteiger charge is 2.54. The number of rotatable bonds is 2. The van der Waals surface area contributed by atoms with Gasteiger partial charge in [0.1, 0.15) is 5.82 Å². The van der Waals surface area contributed by atoms with E-state index >= 15 is 0 Å². The summed E-state index contributed by atoms with van der Waals surface area (Å²) in [4.78, 5) is 10.8. The second-order valence-corrected chi connectivity index (χ2v) is 6.05. The van der Waals surface area contributed by atoms with E-state index in [2.05, 4.69) is 9.97 Å². The zero-order chi connectivity index (χ0) is 16.7. The van der Waals surface area contributed by atoms with Gasteiger partial charge in [-0.25, -0.2) is 9.97 Å². The summed E-state index contributed by atoms with van der Waals surface area (Å²) in [6, 6.07) is 7.65. The van der Waals surface area contributed by atoms with Gasteiger partial charge in [-0.15, -0.1) is 0 Å². The fourth-order valence-electron chi connectivity index (χ4n) is 2.93. The van der Waals surface area contributed by atoms with Crippen LogP contribution in [0.3, 0.4) is 0 Å². The number of benzene rings is 1. The van der Waals surface area contributed by atoms with Crippen LogP contribution in [0.15, 0.2) is 24.3 Å². The molecule has 1 aromatic heterocycles. The van der Waals surface area contributed by atoms with Gasteiger partial charge in [-0.1, -0.05) is 18.2 Å². The van der Waals surface area contributed by atoms with Crippen LogP contribution in [0.1, 0.15) is 24.4 Å². The van der Waals surface area contributed by atoms with Gasteiger partial charge in [0.25, 0.3) is 0 Å². The minimum Gasteiger partial charge on any atom is -0.380 e. The molecule has 0 atom stereocenters. The quantitative estimate of drug-likeness (QED) is 0.922. The van der Waals surface area contributed by atoms with Crippen molar-refractivity contribution in [1.82, 2.24) is 14.9 Å².